The zero-order valence-corrected chi connectivity index (χ0v) is 9.13. The number of anilines is 2. The average molecular weight is 242 g/mol. The summed E-state index contributed by atoms with van der Waals surface area (Å²) in [6, 6.07) is 2.66. The minimum atomic E-state index is -0.538. The summed E-state index contributed by atoms with van der Waals surface area (Å²) >= 11 is 0. The van der Waals surface area contributed by atoms with Crippen LogP contribution in [0.5, 0.6) is 0 Å². The van der Waals surface area contributed by atoms with Gasteiger partial charge in [-0.25, -0.2) is 4.98 Å². The standard InChI is InChI=1S/C9H14N4O4/c10-8-2-1-7(13(15)16)9(12-8)11-3-5-17-6-4-14/h1-2,14H,3-6H2,(H3,10,11,12). The van der Waals surface area contributed by atoms with Gasteiger partial charge in [0.2, 0.25) is 5.82 Å². The van der Waals surface area contributed by atoms with Crippen LogP contribution >= 0.6 is 0 Å². The first-order valence-corrected chi connectivity index (χ1v) is 4.98. The summed E-state index contributed by atoms with van der Waals surface area (Å²) in [5.74, 6) is 0.317. The van der Waals surface area contributed by atoms with Crippen molar-refractivity contribution in [3.05, 3.63) is 22.2 Å². The number of ether oxygens (including phenoxy) is 1. The molecular weight excluding hydrogens is 228 g/mol. The Labute approximate surface area is 97.6 Å². The van der Waals surface area contributed by atoms with E-state index < -0.39 is 4.92 Å². The second kappa shape index (κ2) is 6.61. The molecule has 0 spiro atoms. The molecule has 0 aliphatic carbocycles. The summed E-state index contributed by atoms with van der Waals surface area (Å²) < 4.78 is 4.99. The van der Waals surface area contributed by atoms with E-state index >= 15 is 0 Å². The monoisotopic (exact) mass is 242 g/mol. The van der Waals surface area contributed by atoms with Gasteiger partial charge in [0.05, 0.1) is 24.7 Å². The zero-order valence-electron chi connectivity index (χ0n) is 9.13. The highest BCUT2D eigenvalue weighted by molar-refractivity contribution is 5.59. The Balaban J connectivity index is 2.56. The second-order valence-corrected chi connectivity index (χ2v) is 3.12. The molecule has 1 aromatic heterocycles. The highest BCUT2D eigenvalue weighted by Gasteiger charge is 2.14. The van der Waals surface area contributed by atoms with Crippen molar-refractivity contribution in [1.82, 2.24) is 4.98 Å². The topological polar surface area (TPSA) is 124 Å². The molecule has 0 bridgehead atoms. The summed E-state index contributed by atoms with van der Waals surface area (Å²) in [7, 11) is 0. The van der Waals surface area contributed by atoms with E-state index in [-0.39, 0.29) is 30.5 Å². The van der Waals surface area contributed by atoms with Gasteiger partial charge < -0.3 is 20.9 Å². The molecule has 17 heavy (non-hydrogen) atoms. The summed E-state index contributed by atoms with van der Waals surface area (Å²) in [5.41, 5.74) is 5.30. The van der Waals surface area contributed by atoms with Crippen LogP contribution in [0.3, 0.4) is 0 Å². The van der Waals surface area contributed by atoms with Crippen LogP contribution in [0.25, 0.3) is 0 Å². The van der Waals surface area contributed by atoms with E-state index in [1.54, 1.807) is 0 Å². The van der Waals surface area contributed by atoms with E-state index in [2.05, 4.69) is 10.3 Å². The number of nitrogens with zero attached hydrogens (tertiary/aromatic N) is 2. The quantitative estimate of drug-likeness (QED) is 0.349. The first kappa shape index (κ1) is 13.1. The smallest absolute Gasteiger partial charge is 0.311 e. The molecule has 1 rings (SSSR count). The van der Waals surface area contributed by atoms with Crippen molar-refractivity contribution in [3.8, 4) is 0 Å². The lowest BCUT2D eigenvalue weighted by Gasteiger charge is -2.06. The molecule has 94 valence electrons. The van der Waals surface area contributed by atoms with E-state index in [4.69, 9.17) is 15.6 Å². The summed E-state index contributed by atoms with van der Waals surface area (Å²) in [6.45, 7) is 0.830. The van der Waals surface area contributed by atoms with Crippen molar-refractivity contribution in [2.45, 2.75) is 0 Å². The normalized spacial score (nSPS) is 10.2. The number of hydrogen-bond donors (Lipinski definition) is 3. The van der Waals surface area contributed by atoms with Crippen LogP contribution in [0.1, 0.15) is 0 Å². The highest BCUT2D eigenvalue weighted by atomic mass is 16.6. The molecule has 0 atom stereocenters. The van der Waals surface area contributed by atoms with Gasteiger partial charge in [-0.3, -0.25) is 10.1 Å². The fourth-order valence-electron chi connectivity index (χ4n) is 1.15. The fourth-order valence-corrected chi connectivity index (χ4v) is 1.15. The number of nitrogens with one attached hydrogen (secondary N) is 1. The number of nitrogens with two attached hydrogens (primary N) is 1. The van der Waals surface area contributed by atoms with Crippen LogP contribution < -0.4 is 11.1 Å². The first-order chi connectivity index (χ1) is 8.15. The van der Waals surface area contributed by atoms with Gasteiger partial charge >= 0.3 is 5.69 Å². The Kier molecular flexibility index (Phi) is 5.11. The van der Waals surface area contributed by atoms with Crippen LogP contribution in [0.15, 0.2) is 12.1 Å². The first-order valence-electron chi connectivity index (χ1n) is 4.98. The maximum Gasteiger partial charge on any atom is 0.311 e. The predicted octanol–water partition coefficient (Wildman–Crippen LogP) is -0.00720. The van der Waals surface area contributed by atoms with E-state index in [1.807, 2.05) is 0 Å². The molecule has 0 aliphatic rings. The SMILES string of the molecule is Nc1ccc([N+](=O)[O-])c(NCCOCCO)n1. The largest absolute Gasteiger partial charge is 0.394 e. The molecule has 0 unspecified atom stereocenters. The lowest BCUT2D eigenvalue weighted by molar-refractivity contribution is -0.384. The van der Waals surface area contributed by atoms with Gasteiger partial charge in [-0.1, -0.05) is 0 Å². The molecule has 4 N–H and O–H groups in total. The minimum Gasteiger partial charge on any atom is -0.394 e. The average Bonchev–Trinajstić information content (AvgIpc) is 2.28. The minimum absolute atomic E-state index is 0.0588. The molecule has 0 amide bonds. The maximum atomic E-state index is 10.7. The molecule has 1 aromatic rings. The highest BCUT2D eigenvalue weighted by Crippen LogP contribution is 2.22. The van der Waals surface area contributed by atoms with Crippen molar-refractivity contribution >= 4 is 17.3 Å². The van der Waals surface area contributed by atoms with Crippen molar-refractivity contribution in [2.75, 3.05) is 37.4 Å². The van der Waals surface area contributed by atoms with Crippen molar-refractivity contribution in [1.29, 1.82) is 0 Å². The van der Waals surface area contributed by atoms with Gasteiger partial charge in [0, 0.05) is 12.6 Å². The molecule has 0 radical (unpaired) electrons. The number of rotatable bonds is 7. The lowest BCUT2D eigenvalue weighted by Crippen LogP contribution is -2.13. The molecule has 0 saturated heterocycles. The van der Waals surface area contributed by atoms with Gasteiger partial charge in [-0.15, -0.1) is 0 Å². The predicted molar refractivity (Wildman–Crippen MR) is 61.7 cm³/mol. The van der Waals surface area contributed by atoms with Crippen LogP contribution in [0.4, 0.5) is 17.3 Å². The Hall–Kier alpha value is -1.93. The number of aliphatic hydroxyl groups excluding tert-OH is 1. The maximum absolute atomic E-state index is 10.7. The number of nitro groups is 1. The van der Waals surface area contributed by atoms with Crippen LogP contribution in [-0.4, -0.2) is 41.4 Å². The molecule has 0 aromatic carbocycles. The Morgan fingerprint density at radius 3 is 2.94 bits per heavy atom. The third kappa shape index (κ3) is 4.21. The molecular formula is C9H14N4O4. The van der Waals surface area contributed by atoms with E-state index in [9.17, 15) is 10.1 Å². The molecule has 8 heteroatoms. The van der Waals surface area contributed by atoms with Crippen LogP contribution in [-0.2, 0) is 4.74 Å². The molecule has 1 heterocycles. The summed E-state index contributed by atoms with van der Waals surface area (Å²) in [4.78, 5) is 14.0. The Morgan fingerprint density at radius 1 is 1.53 bits per heavy atom. The van der Waals surface area contributed by atoms with Gasteiger partial charge in [-0.2, -0.15) is 0 Å². The van der Waals surface area contributed by atoms with Crippen molar-refractivity contribution < 1.29 is 14.8 Å². The van der Waals surface area contributed by atoms with E-state index in [0.717, 1.165) is 0 Å². The van der Waals surface area contributed by atoms with Crippen LogP contribution in [0.2, 0.25) is 0 Å². The van der Waals surface area contributed by atoms with Gasteiger partial charge in [0.1, 0.15) is 5.82 Å². The second-order valence-electron chi connectivity index (χ2n) is 3.12. The number of nitrogen functional groups attached to an aromatic ring is 1. The number of pyridine rings is 1. The molecule has 0 aliphatic heterocycles. The number of aromatic nitrogens is 1. The van der Waals surface area contributed by atoms with Crippen LogP contribution in [0, 0.1) is 10.1 Å². The van der Waals surface area contributed by atoms with Gasteiger partial charge in [0.15, 0.2) is 0 Å². The van der Waals surface area contributed by atoms with E-state index in [1.165, 1.54) is 12.1 Å². The third-order valence-corrected chi connectivity index (χ3v) is 1.87. The summed E-state index contributed by atoms with van der Waals surface area (Å²) in [6.07, 6.45) is 0. The van der Waals surface area contributed by atoms with Gasteiger partial charge in [-0.05, 0) is 6.07 Å². The summed E-state index contributed by atoms with van der Waals surface area (Å²) in [5, 5.41) is 21.9. The zero-order chi connectivity index (χ0) is 12.7. The van der Waals surface area contributed by atoms with Crippen molar-refractivity contribution in [2.24, 2.45) is 0 Å². The third-order valence-electron chi connectivity index (χ3n) is 1.87. The Morgan fingerprint density at radius 2 is 2.29 bits per heavy atom. The van der Waals surface area contributed by atoms with E-state index in [0.29, 0.717) is 13.2 Å². The number of hydrogen-bond acceptors (Lipinski definition) is 7. The fraction of sp³-hybridized carbons (Fsp3) is 0.444. The molecule has 0 saturated carbocycles. The molecule has 0 fully saturated rings. The lowest BCUT2D eigenvalue weighted by atomic mass is 10.3. The van der Waals surface area contributed by atoms with Crippen molar-refractivity contribution in [3.63, 3.8) is 0 Å². The molecule has 8 nitrogen and oxygen atoms in total. The number of aliphatic hydroxyl groups is 1. The Bertz CT molecular complexity index is 385. The van der Waals surface area contributed by atoms with Gasteiger partial charge in [0.25, 0.3) is 0 Å².